The van der Waals surface area contributed by atoms with E-state index in [0.29, 0.717) is 15.9 Å². The van der Waals surface area contributed by atoms with Gasteiger partial charge in [-0.05, 0) is 32.6 Å². The highest BCUT2D eigenvalue weighted by Gasteiger charge is 2.28. The Bertz CT molecular complexity index is 793. The Balaban J connectivity index is 1.41. The first kappa shape index (κ1) is 17.2. The maximum Gasteiger partial charge on any atom is 0.265 e. The number of nitrogens with zero attached hydrogens (tertiary/aromatic N) is 5. The summed E-state index contributed by atoms with van der Waals surface area (Å²) < 4.78 is 0. The van der Waals surface area contributed by atoms with Crippen LogP contribution in [0.1, 0.15) is 52.7 Å². The maximum absolute atomic E-state index is 12.7. The lowest BCUT2D eigenvalue weighted by Crippen LogP contribution is -2.38. The van der Waals surface area contributed by atoms with Crippen molar-refractivity contribution in [1.29, 1.82) is 0 Å². The molecule has 2 aliphatic rings. The number of amides is 1. The second-order valence-electron chi connectivity index (χ2n) is 7.03. The van der Waals surface area contributed by atoms with Crippen molar-refractivity contribution in [3.63, 3.8) is 0 Å². The molecule has 2 aromatic rings. The third-order valence-corrected chi connectivity index (χ3v) is 6.29. The van der Waals surface area contributed by atoms with Crippen molar-refractivity contribution in [3.8, 4) is 0 Å². The van der Waals surface area contributed by atoms with Crippen LogP contribution in [0.2, 0.25) is 0 Å². The van der Waals surface area contributed by atoms with Gasteiger partial charge in [0.25, 0.3) is 5.91 Å². The largest absolute Gasteiger partial charge is 0.375 e. The van der Waals surface area contributed by atoms with Crippen molar-refractivity contribution < 1.29 is 4.79 Å². The molecule has 0 saturated carbocycles. The zero-order chi connectivity index (χ0) is 18.1. The van der Waals surface area contributed by atoms with Crippen LogP contribution in [-0.4, -0.2) is 51.9 Å². The molecule has 4 rings (SSSR count). The Morgan fingerprint density at radius 2 is 1.92 bits per heavy atom. The van der Waals surface area contributed by atoms with Gasteiger partial charge in [-0.15, -0.1) is 0 Å². The summed E-state index contributed by atoms with van der Waals surface area (Å²) in [6, 6.07) is 2.14. The van der Waals surface area contributed by atoms with E-state index in [1.54, 1.807) is 6.33 Å². The van der Waals surface area contributed by atoms with Crippen LogP contribution in [0.15, 0.2) is 12.4 Å². The molecule has 0 radical (unpaired) electrons. The van der Waals surface area contributed by atoms with Gasteiger partial charge in [-0.3, -0.25) is 4.79 Å². The molecule has 2 fully saturated rings. The SMILES string of the molecule is Cc1nc(N)sc1C(=O)N1CCC(c2cc(N3CCCC3)ncn2)CC1. The number of likely N-dealkylation sites (tertiary alicyclic amines) is 1. The second-order valence-corrected chi connectivity index (χ2v) is 8.06. The van der Waals surface area contributed by atoms with Crippen molar-refractivity contribution in [3.05, 3.63) is 28.7 Å². The summed E-state index contributed by atoms with van der Waals surface area (Å²) in [4.78, 5) is 30.8. The predicted octanol–water partition coefficient (Wildman–Crippen LogP) is 2.44. The van der Waals surface area contributed by atoms with Gasteiger partial charge in [-0.2, -0.15) is 0 Å². The molecule has 2 N–H and O–H groups in total. The van der Waals surface area contributed by atoms with Crippen LogP contribution in [0, 0.1) is 6.92 Å². The third kappa shape index (κ3) is 3.38. The minimum absolute atomic E-state index is 0.0515. The minimum Gasteiger partial charge on any atom is -0.375 e. The molecule has 0 atom stereocenters. The van der Waals surface area contributed by atoms with E-state index in [1.165, 1.54) is 24.2 Å². The average Bonchev–Trinajstić information content (AvgIpc) is 3.31. The quantitative estimate of drug-likeness (QED) is 0.890. The van der Waals surface area contributed by atoms with Gasteiger partial charge in [0.05, 0.1) is 5.69 Å². The number of nitrogen functional groups attached to an aromatic ring is 1. The summed E-state index contributed by atoms with van der Waals surface area (Å²) >= 11 is 1.28. The molecule has 8 heteroatoms. The molecule has 0 bridgehead atoms. The number of thiazole rings is 1. The van der Waals surface area contributed by atoms with Crippen LogP contribution in [0.5, 0.6) is 0 Å². The summed E-state index contributed by atoms with van der Waals surface area (Å²) in [5.74, 6) is 1.48. The summed E-state index contributed by atoms with van der Waals surface area (Å²) in [5.41, 5.74) is 7.56. The van der Waals surface area contributed by atoms with Crippen LogP contribution in [0.4, 0.5) is 10.9 Å². The van der Waals surface area contributed by atoms with Crippen LogP contribution in [0.25, 0.3) is 0 Å². The lowest BCUT2D eigenvalue weighted by Gasteiger charge is -2.31. The molecular weight excluding hydrogens is 348 g/mol. The van der Waals surface area contributed by atoms with Crippen molar-refractivity contribution in [2.75, 3.05) is 36.8 Å². The number of carbonyl (C=O) groups excluding carboxylic acids is 1. The first-order valence-electron chi connectivity index (χ1n) is 9.21. The van der Waals surface area contributed by atoms with Gasteiger partial charge in [0.2, 0.25) is 0 Å². The Kier molecular flexibility index (Phi) is 4.76. The van der Waals surface area contributed by atoms with E-state index in [2.05, 4.69) is 25.9 Å². The van der Waals surface area contributed by atoms with Crippen molar-refractivity contribution >= 4 is 28.2 Å². The number of carbonyl (C=O) groups is 1. The molecular formula is C18H24N6OS. The Morgan fingerprint density at radius 1 is 1.19 bits per heavy atom. The molecule has 2 saturated heterocycles. The molecule has 1 amide bonds. The van der Waals surface area contributed by atoms with Gasteiger partial charge in [-0.25, -0.2) is 15.0 Å². The van der Waals surface area contributed by atoms with Crippen molar-refractivity contribution in [2.45, 2.75) is 38.5 Å². The number of piperidine rings is 1. The first-order valence-corrected chi connectivity index (χ1v) is 10.0. The fraction of sp³-hybridized carbons (Fsp3) is 0.556. The normalized spacial score (nSPS) is 18.5. The molecule has 0 aliphatic carbocycles. The van der Waals surface area contributed by atoms with E-state index in [4.69, 9.17) is 5.73 Å². The Morgan fingerprint density at radius 3 is 2.58 bits per heavy atom. The molecule has 26 heavy (non-hydrogen) atoms. The van der Waals surface area contributed by atoms with Crippen molar-refractivity contribution in [2.24, 2.45) is 0 Å². The highest BCUT2D eigenvalue weighted by atomic mass is 32.1. The molecule has 0 spiro atoms. The minimum atomic E-state index is 0.0515. The van der Waals surface area contributed by atoms with Gasteiger partial charge in [0, 0.05) is 43.9 Å². The predicted molar refractivity (Wildman–Crippen MR) is 103 cm³/mol. The fourth-order valence-corrected chi connectivity index (χ4v) is 4.64. The molecule has 0 aromatic carbocycles. The number of hydrogen-bond acceptors (Lipinski definition) is 7. The number of aryl methyl sites for hydroxylation is 1. The molecule has 4 heterocycles. The number of anilines is 2. The van der Waals surface area contributed by atoms with E-state index in [-0.39, 0.29) is 5.91 Å². The zero-order valence-corrected chi connectivity index (χ0v) is 15.8. The summed E-state index contributed by atoms with van der Waals surface area (Å²) in [7, 11) is 0. The molecule has 0 unspecified atom stereocenters. The fourth-order valence-electron chi connectivity index (χ4n) is 3.84. The van der Waals surface area contributed by atoms with Crippen LogP contribution >= 0.6 is 11.3 Å². The van der Waals surface area contributed by atoms with Crippen LogP contribution < -0.4 is 10.6 Å². The molecule has 138 valence electrons. The van der Waals surface area contributed by atoms with Gasteiger partial charge in [0.1, 0.15) is 17.0 Å². The Hall–Kier alpha value is -2.22. The Labute approximate surface area is 157 Å². The number of hydrogen-bond donors (Lipinski definition) is 1. The maximum atomic E-state index is 12.7. The average molecular weight is 372 g/mol. The van der Waals surface area contributed by atoms with E-state index >= 15 is 0 Å². The van der Waals surface area contributed by atoms with Crippen LogP contribution in [-0.2, 0) is 0 Å². The van der Waals surface area contributed by atoms with E-state index in [1.807, 2.05) is 11.8 Å². The molecule has 2 aromatic heterocycles. The van der Waals surface area contributed by atoms with Gasteiger partial charge < -0.3 is 15.5 Å². The summed E-state index contributed by atoms with van der Waals surface area (Å²) in [6.45, 7) is 5.49. The van der Waals surface area contributed by atoms with E-state index in [0.717, 1.165) is 56.2 Å². The molecule has 7 nitrogen and oxygen atoms in total. The van der Waals surface area contributed by atoms with Crippen LogP contribution in [0.3, 0.4) is 0 Å². The topological polar surface area (TPSA) is 88.2 Å². The standard InChI is InChI=1S/C18H24N6OS/c1-12-16(26-18(19)22-12)17(25)24-8-4-13(5-9-24)14-10-15(21-11-20-14)23-6-2-3-7-23/h10-11,13H,2-9H2,1H3,(H2,19,22). The highest BCUT2D eigenvalue weighted by Crippen LogP contribution is 2.30. The number of aromatic nitrogens is 3. The lowest BCUT2D eigenvalue weighted by molar-refractivity contribution is 0.0716. The zero-order valence-electron chi connectivity index (χ0n) is 15.0. The monoisotopic (exact) mass is 372 g/mol. The summed E-state index contributed by atoms with van der Waals surface area (Å²) in [6.07, 6.45) is 6.01. The van der Waals surface area contributed by atoms with Gasteiger partial charge in [-0.1, -0.05) is 11.3 Å². The second kappa shape index (κ2) is 7.19. The molecule has 2 aliphatic heterocycles. The summed E-state index contributed by atoms with van der Waals surface area (Å²) in [5, 5.41) is 0.455. The van der Waals surface area contributed by atoms with Gasteiger partial charge >= 0.3 is 0 Å². The highest BCUT2D eigenvalue weighted by molar-refractivity contribution is 7.17. The van der Waals surface area contributed by atoms with Crippen molar-refractivity contribution in [1.82, 2.24) is 19.9 Å². The van der Waals surface area contributed by atoms with Gasteiger partial charge in [0.15, 0.2) is 5.13 Å². The number of nitrogens with two attached hydrogens (primary N) is 1. The van der Waals surface area contributed by atoms with E-state index in [9.17, 15) is 4.79 Å². The number of rotatable bonds is 3. The van der Waals surface area contributed by atoms with E-state index < -0.39 is 0 Å². The lowest BCUT2D eigenvalue weighted by atomic mass is 9.93. The third-order valence-electron chi connectivity index (χ3n) is 5.31. The first-order chi connectivity index (χ1) is 12.6. The smallest absolute Gasteiger partial charge is 0.265 e.